The molecule has 0 aliphatic carbocycles. The van der Waals surface area contributed by atoms with Gasteiger partial charge in [-0.1, -0.05) is 36.7 Å². The van der Waals surface area contributed by atoms with Gasteiger partial charge in [-0.2, -0.15) is 20.5 Å². The molecule has 0 aliphatic rings. The van der Waals surface area contributed by atoms with Crippen LogP contribution in [0.25, 0.3) is 11.0 Å². The predicted octanol–water partition coefficient (Wildman–Crippen LogP) is 5.30. The Labute approximate surface area is 178 Å². The second-order valence-electron chi connectivity index (χ2n) is 6.68. The molecule has 2 aromatic carbocycles. The Hall–Kier alpha value is -3.87. The fourth-order valence-corrected chi connectivity index (χ4v) is 3.63. The van der Waals surface area contributed by atoms with Crippen molar-refractivity contribution in [2.45, 2.75) is 19.8 Å². The van der Waals surface area contributed by atoms with E-state index < -0.39 is 0 Å². The lowest BCUT2D eigenvalue weighted by Gasteiger charge is -2.08. The van der Waals surface area contributed by atoms with Crippen LogP contribution in [-0.2, 0) is 12.8 Å². The number of hydrogen-bond acceptors (Lipinski definition) is 5. The van der Waals surface area contributed by atoms with Crippen LogP contribution in [0.1, 0.15) is 35.0 Å². The third kappa shape index (κ3) is 3.82. The smallest absolute Gasteiger partial charge is 0.324 e. The van der Waals surface area contributed by atoms with Crippen molar-refractivity contribution in [2.24, 2.45) is 0 Å². The number of H-pyrrole nitrogens is 1. The lowest BCUT2D eigenvalue weighted by atomic mass is 10.1. The van der Waals surface area contributed by atoms with Gasteiger partial charge < -0.3 is 9.72 Å². The quantitative estimate of drug-likeness (QED) is 0.478. The molecule has 0 amide bonds. The number of nitrogens with one attached hydrogen (secondary N) is 1. The maximum atomic E-state index is 9.19. The van der Waals surface area contributed by atoms with Crippen molar-refractivity contribution in [1.82, 2.24) is 15.0 Å². The largest absolute Gasteiger partial charge is 0.424 e. The van der Waals surface area contributed by atoms with Gasteiger partial charge in [-0.25, -0.2) is 0 Å². The minimum Gasteiger partial charge on any atom is -0.424 e. The molecule has 0 radical (unpaired) electrons. The summed E-state index contributed by atoms with van der Waals surface area (Å²) in [6.45, 7) is 2.00. The van der Waals surface area contributed by atoms with E-state index in [0.717, 1.165) is 23.1 Å². The van der Waals surface area contributed by atoms with E-state index in [-0.39, 0.29) is 6.01 Å². The van der Waals surface area contributed by atoms with Crippen molar-refractivity contribution in [1.29, 1.82) is 10.5 Å². The van der Waals surface area contributed by atoms with Crippen LogP contribution in [0.15, 0.2) is 48.5 Å². The minimum absolute atomic E-state index is 0.157. The molecule has 30 heavy (non-hydrogen) atoms. The van der Waals surface area contributed by atoms with Crippen LogP contribution in [0.5, 0.6) is 11.8 Å². The number of rotatable bonds is 5. The fraction of sp³-hybridized carbons (Fsp3) is 0.130. The molecule has 0 fully saturated rings. The van der Waals surface area contributed by atoms with E-state index in [1.165, 1.54) is 0 Å². The van der Waals surface area contributed by atoms with E-state index >= 15 is 0 Å². The van der Waals surface area contributed by atoms with Gasteiger partial charge in [0.2, 0.25) is 0 Å². The first kappa shape index (κ1) is 19.4. The molecule has 0 unspecified atom stereocenters. The Kier molecular flexibility index (Phi) is 5.34. The molecule has 4 aromatic rings. The lowest BCUT2D eigenvalue weighted by molar-refractivity contribution is 0.442. The third-order valence-corrected chi connectivity index (χ3v) is 5.09. The summed E-state index contributed by atoms with van der Waals surface area (Å²) in [7, 11) is 0. The maximum absolute atomic E-state index is 9.19. The molecule has 7 heteroatoms. The molecule has 2 aromatic heterocycles. The van der Waals surface area contributed by atoms with E-state index in [0.29, 0.717) is 39.7 Å². The van der Waals surface area contributed by atoms with Crippen molar-refractivity contribution >= 4 is 22.6 Å². The first-order valence-electron chi connectivity index (χ1n) is 9.35. The number of aryl methyl sites for hydroxylation is 1. The average molecular weight is 414 g/mol. The molecule has 146 valence electrons. The Balaban J connectivity index is 1.80. The topological polar surface area (TPSA) is 98.4 Å². The SMILES string of the molecule is CCc1[nH]c2nc(Oc3cccc(C#N)c3)nc(Cc3cccc(C#N)c3)c2c1Cl. The number of halogens is 1. The number of nitriles is 2. The fourth-order valence-electron chi connectivity index (χ4n) is 3.25. The Morgan fingerprint density at radius 2 is 1.77 bits per heavy atom. The summed E-state index contributed by atoms with van der Waals surface area (Å²) in [5.74, 6) is 0.471. The van der Waals surface area contributed by atoms with E-state index in [1.54, 1.807) is 30.3 Å². The lowest BCUT2D eigenvalue weighted by Crippen LogP contribution is -2.00. The summed E-state index contributed by atoms with van der Waals surface area (Å²) in [5, 5.41) is 19.6. The number of fused-ring (bicyclic) bond motifs is 1. The van der Waals surface area contributed by atoms with Crippen molar-refractivity contribution in [2.75, 3.05) is 0 Å². The molecule has 4 rings (SSSR count). The van der Waals surface area contributed by atoms with Gasteiger partial charge in [0.05, 0.1) is 39.4 Å². The molecule has 1 N–H and O–H groups in total. The van der Waals surface area contributed by atoms with Gasteiger partial charge in [0.1, 0.15) is 11.4 Å². The molecule has 0 aliphatic heterocycles. The predicted molar refractivity (Wildman–Crippen MR) is 113 cm³/mol. The van der Waals surface area contributed by atoms with E-state index in [9.17, 15) is 5.26 Å². The Morgan fingerprint density at radius 3 is 2.50 bits per heavy atom. The number of benzene rings is 2. The van der Waals surface area contributed by atoms with Crippen LogP contribution in [0.4, 0.5) is 0 Å². The highest BCUT2D eigenvalue weighted by molar-refractivity contribution is 6.36. The minimum atomic E-state index is 0.157. The van der Waals surface area contributed by atoms with Gasteiger partial charge in [0.15, 0.2) is 0 Å². The Bertz CT molecular complexity index is 1330. The van der Waals surface area contributed by atoms with Gasteiger partial charge in [0.25, 0.3) is 0 Å². The number of nitrogens with zero attached hydrogens (tertiary/aromatic N) is 4. The van der Waals surface area contributed by atoms with Crippen molar-refractivity contribution in [3.63, 3.8) is 0 Å². The summed E-state index contributed by atoms with van der Waals surface area (Å²) in [6.07, 6.45) is 1.18. The van der Waals surface area contributed by atoms with Crippen LogP contribution in [-0.4, -0.2) is 15.0 Å². The summed E-state index contributed by atoms with van der Waals surface area (Å²) in [4.78, 5) is 12.3. The molecule has 0 saturated carbocycles. The molecule has 2 heterocycles. The normalized spacial score (nSPS) is 10.5. The second-order valence-corrected chi connectivity index (χ2v) is 7.06. The molecule has 0 spiro atoms. The molecular formula is C23H16ClN5O. The van der Waals surface area contributed by atoms with Gasteiger partial charge in [-0.15, -0.1) is 0 Å². The summed E-state index contributed by atoms with van der Waals surface area (Å²) in [6, 6.07) is 18.6. The first-order chi connectivity index (χ1) is 14.6. The zero-order chi connectivity index (χ0) is 21.1. The van der Waals surface area contributed by atoms with Crippen molar-refractivity contribution in [3.8, 4) is 23.9 Å². The Morgan fingerprint density at radius 1 is 1.03 bits per heavy atom. The first-order valence-corrected chi connectivity index (χ1v) is 9.73. The molecular weight excluding hydrogens is 398 g/mol. The van der Waals surface area contributed by atoms with Crippen LogP contribution < -0.4 is 4.74 Å². The van der Waals surface area contributed by atoms with E-state index in [1.807, 2.05) is 25.1 Å². The van der Waals surface area contributed by atoms with E-state index in [2.05, 4.69) is 27.1 Å². The third-order valence-electron chi connectivity index (χ3n) is 4.67. The van der Waals surface area contributed by atoms with Crippen molar-refractivity contribution < 1.29 is 4.74 Å². The maximum Gasteiger partial charge on any atom is 0.324 e. The average Bonchev–Trinajstić information content (AvgIpc) is 3.09. The van der Waals surface area contributed by atoms with Gasteiger partial charge >= 0.3 is 6.01 Å². The summed E-state index contributed by atoms with van der Waals surface area (Å²) >= 11 is 6.60. The monoisotopic (exact) mass is 413 g/mol. The van der Waals surface area contributed by atoms with E-state index in [4.69, 9.17) is 21.6 Å². The summed E-state index contributed by atoms with van der Waals surface area (Å²) in [5.41, 5.74) is 4.15. The number of hydrogen-bond donors (Lipinski definition) is 1. The highest BCUT2D eigenvalue weighted by Gasteiger charge is 2.18. The highest BCUT2D eigenvalue weighted by Crippen LogP contribution is 2.32. The second kappa shape index (κ2) is 8.24. The zero-order valence-corrected chi connectivity index (χ0v) is 16.9. The highest BCUT2D eigenvalue weighted by atomic mass is 35.5. The molecule has 6 nitrogen and oxygen atoms in total. The van der Waals surface area contributed by atoms with Crippen LogP contribution in [0, 0.1) is 22.7 Å². The van der Waals surface area contributed by atoms with Gasteiger partial charge in [-0.05, 0) is 42.3 Å². The molecule has 0 atom stereocenters. The van der Waals surface area contributed by atoms with Crippen LogP contribution in [0.3, 0.4) is 0 Å². The summed E-state index contributed by atoms with van der Waals surface area (Å²) < 4.78 is 5.85. The van der Waals surface area contributed by atoms with Crippen LogP contribution in [0.2, 0.25) is 5.02 Å². The number of aromatic amines is 1. The van der Waals surface area contributed by atoms with Crippen LogP contribution >= 0.6 is 11.6 Å². The molecule has 0 saturated heterocycles. The number of aromatic nitrogens is 3. The van der Waals surface area contributed by atoms with Gasteiger partial charge in [-0.3, -0.25) is 0 Å². The standard InChI is InChI=1S/C23H16ClN5O/c1-2-18-21(24)20-19(11-14-5-3-6-15(9-14)12-25)28-23(29-22(20)27-18)30-17-8-4-7-16(10-17)13-26/h3-10H,2,11H2,1H3,(H,27,28,29). The number of ether oxygens (including phenoxy) is 1. The zero-order valence-electron chi connectivity index (χ0n) is 16.1. The van der Waals surface area contributed by atoms with Gasteiger partial charge in [0, 0.05) is 12.1 Å². The van der Waals surface area contributed by atoms with Crippen molar-refractivity contribution in [3.05, 3.63) is 81.6 Å². The molecule has 0 bridgehead atoms.